The molecule has 154 valence electrons. The molecule has 0 aliphatic rings. The van der Waals surface area contributed by atoms with E-state index in [-0.39, 0.29) is 17.1 Å². The van der Waals surface area contributed by atoms with Crippen LogP contribution in [-0.2, 0) is 26.5 Å². The van der Waals surface area contributed by atoms with Crippen molar-refractivity contribution in [1.29, 1.82) is 0 Å². The van der Waals surface area contributed by atoms with Crippen molar-refractivity contribution in [2.45, 2.75) is 13.3 Å². The third kappa shape index (κ3) is 11.4. The van der Waals surface area contributed by atoms with Crippen LogP contribution in [0.15, 0.2) is 121 Å². The molecule has 0 atom stereocenters. The van der Waals surface area contributed by atoms with Crippen LogP contribution in [-0.4, -0.2) is 6.29 Å². The van der Waals surface area contributed by atoms with Crippen LogP contribution in [0.3, 0.4) is 0 Å². The van der Waals surface area contributed by atoms with Gasteiger partial charge >= 0.3 is 28.4 Å². The van der Waals surface area contributed by atoms with Crippen molar-refractivity contribution >= 4 is 30.1 Å². The van der Waals surface area contributed by atoms with Crippen molar-refractivity contribution in [3.63, 3.8) is 0 Å². The van der Waals surface area contributed by atoms with Crippen molar-refractivity contribution in [1.82, 2.24) is 0 Å². The van der Waals surface area contributed by atoms with Crippen molar-refractivity contribution < 1.29 is 26.5 Å². The maximum Gasteiger partial charge on any atom is 6.00 e. The molecule has 4 heteroatoms. The summed E-state index contributed by atoms with van der Waals surface area (Å²) in [5, 5.41) is 4.31. The third-order valence-corrected chi connectivity index (χ3v) is 6.62. The number of benzene rings is 3. The molecule has 2 nitrogen and oxygen atoms in total. The number of hydrogen-bond acceptors (Lipinski definition) is 1. The monoisotopic (exact) mass is 469 g/mol. The van der Waals surface area contributed by atoms with Crippen LogP contribution in [0.4, 0.5) is 0 Å². The second-order valence-electron chi connectivity index (χ2n) is 5.93. The van der Waals surface area contributed by atoms with E-state index in [9.17, 15) is 0 Å². The van der Waals surface area contributed by atoms with Gasteiger partial charge in [0.1, 0.15) is 15.9 Å². The Bertz CT molecular complexity index is 798. The van der Waals surface area contributed by atoms with Crippen molar-refractivity contribution in [3.8, 4) is 0 Å². The number of rotatable bonds is 4. The zero-order chi connectivity index (χ0) is 21.9. The van der Waals surface area contributed by atoms with Gasteiger partial charge < -0.3 is 4.79 Å². The van der Waals surface area contributed by atoms with E-state index in [0.717, 1.165) is 0 Å². The van der Waals surface area contributed by atoms with Gasteiger partial charge in [0.05, 0.1) is 7.92 Å². The molecule has 0 saturated carbocycles. The van der Waals surface area contributed by atoms with E-state index in [4.69, 9.17) is 9.45 Å². The first-order chi connectivity index (χ1) is 14.9. The topological polar surface area (TPSA) is 37.0 Å². The molecular weight excluding hydrogens is 443 g/mol. The predicted octanol–water partition coefficient (Wildman–Crippen LogP) is 5.05. The first-order valence-corrected chi connectivity index (χ1v) is 11.1. The van der Waals surface area contributed by atoms with E-state index < -0.39 is 7.92 Å². The molecule has 0 spiro atoms. The summed E-state index contributed by atoms with van der Waals surface area (Å²) in [6, 6.07) is 42.5. The van der Waals surface area contributed by atoms with Gasteiger partial charge in [-0.2, -0.15) is 24.6 Å². The Balaban J connectivity index is 0.000000626. The second-order valence-corrected chi connectivity index (χ2v) is 8.42. The molecule has 0 fully saturated rings. The molecule has 0 saturated heterocycles. The Morgan fingerprint density at radius 1 is 0.710 bits per heavy atom. The molecule has 31 heavy (non-hydrogen) atoms. The first kappa shape index (κ1) is 28.4. The van der Waals surface area contributed by atoms with Gasteiger partial charge in [0.25, 0.3) is 0 Å². The summed E-state index contributed by atoms with van der Waals surface area (Å²) < 4.78 is 7.50. The Labute approximate surface area is 197 Å². The van der Waals surface area contributed by atoms with Gasteiger partial charge in [0.2, 0.25) is 0 Å². The van der Waals surface area contributed by atoms with E-state index in [0.29, 0.717) is 6.42 Å². The fraction of sp³-hybridized carbons (Fsp3) is 0.0741. The van der Waals surface area contributed by atoms with E-state index in [2.05, 4.69) is 97.6 Å². The minimum Gasteiger partial charge on any atom is -0.214 e. The normalized spacial score (nSPS) is 8.65. The molecule has 0 heterocycles. The van der Waals surface area contributed by atoms with Gasteiger partial charge in [0.15, 0.2) is 0 Å². The van der Waals surface area contributed by atoms with Crippen molar-refractivity contribution in [3.05, 3.63) is 128 Å². The van der Waals surface area contributed by atoms with E-state index >= 15 is 0 Å². The van der Waals surface area contributed by atoms with Crippen LogP contribution >= 0.6 is 7.92 Å². The van der Waals surface area contributed by atoms with Crippen molar-refractivity contribution in [2.75, 3.05) is 0 Å². The maximum atomic E-state index is 9.05. The molecule has 0 N–H and O–H groups in total. The molecule has 0 amide bonds. The van der Waals surface area contributed by atoms with Crippen LogP contribution in [0.1, 0.15) is 13.3 Å². The summed E-state index contributed by atoms with van der Waals surface area (Å²) in [5.74, 6) is 0. The fourth-order valence-corrected chi connectivity index (χ4v) is 5.21. The van der Waals surface area contributed by atoms with E-state index in [1.165, 1.54) is 15.9 Å². The molecule has 4 rings (SSSR count). The smallest absolute Gasteiger partial charge is 0.214 e. The summed E-state index contributed by atoms with van der Waals surface area (Å²) in [6.45, 7) is 6.26. The van der Waals surface area contributed by atoms with Gasteiger partial charge in [-0.1, -0.05) is 61.5 Å². The van der Waals surface area contributed by atoms with Gasteiger partial charge in [-0.3, -0.25) is 6.29 Å². The predicted molar refractivity (Wildman–Crippen MR) is 128 cm³/mol. The van der Waals surface area contributed by atoms with Crippen molar-refractivity contribution in [2.24, 2.45) is 0 Å². The van der Waals surface area contributed by atoms with Gasteiger partial charge in [0, 0.05) is 0 Å². The quantitative estimate of drug-likeness (QED) is 0.178. The minimum atomic E-state index is -0.877. The minimum absolute atomic E-state index is 0. The van der Waals surface area contributed by atoms with Crippen LogP contribution in [0, 0.1) is 6.65 Å². The van der Waals surface area contributed by atoms with Gasteiger partial charge in [-0.25, -0.2) is 12.1 Å². The number of hydrogen-bond donors (Lipinski definition) is 0. The molecule has 0 aliphatic heterocycles. The summed E-state index contributed by atoms with van der Waals surface area (Å²) in [6.07, 6.45) is 2.19. The molecule has 4 aromatic carbocycles. The van der Waals surface area contributed by atoms with Crippen LogP contribution in [0.25, 0.3) is 0 Å². The van der Waals surface area contributed by atoms with E-state index in [1.54, 1.807) is 13.2 Å². The summed E-state index contributed by atoms with van der Waals surface area (Å²) in [5.41, 5.74) is 0. The third-order valence-electron chi connectivity index (χ3n) is 3.89. The summed E-state index contributed by atoms with van der Waals surface area (Å²) >= 11 is 0. The SMILES string of the molecule is CC[C-]=O.[C-]#[O+].[Fe+6].c1cc[cH-]c1.c1ccc([PH+](c2ccccc2)c2ccccc2)cc1. The zero-order valence-corrected chi connectivity index (χ0v) is 19.5. The fourth-order valence-electron chi connectivity index (χ4n) is 2.64. The molecule has 0 unspecified atom stereocenters. The Kier molecular flexibility index (Phi) is 17.7. The molecular formula is C27H26FeO2P+5. The van der Waals surface area contributed by atoms with Crippen LogP contribution in [0.2, 0.25) is 0 Å². The average molecular weight is 469 g/mol. The number of carbonyl (C=O) groups excluding carboxylic acids is 1. The zero-order valence-electron chi connectivity index (χ0n) is 17.4. The van der Waals surface area contributed by atoms with Crippen LogP contribution in [0.5, 0.6) is 0 Å². The molecule has 0 aromatic heterocycles. The Morgan fingerprint density at radius 3 is 1.19 bits per heavy atom. The molecule has 4 aromatic rings. The first-order valence-electron chi connectivity index (χ1n) is 9.62. The Hall–Kier alpha value is -2.63. The van der Waals surface area contributed by atoms with Crippen LogP contribution < -0.4 is 15.9 Å². The van der Waals surface area contributed by atoms with E-state index in [1.807, 2.05) is 30.3 Å². The average Bonchev–Trinajstić information content (AvgIpc) is 3.43. The van der Waals surface area contributed by atoms with Gasteiger partial charge in [-0.05, 0) is 36.4 Å². The second kappa shape index (κ2) is 19.3. The summed E-state index contributed by atoms with van der Waals surface area (Å²) in [4.78, 5) is 9.05. The molecule has 0 bridgehead atoms. The summed E-state index contributed by atoms with van der Waals surface area (Å²) in [7, 11) is -0.877. The molecule has 0 aliphatic carbocycles. The maximum absolute atomic E-state index is 9.05. The Morgan fingerprint density at radius 2 is 1.00 bits per heavy atom. The largest absolute Gasteiger partial charge is 6.00 e. The standard InChI is InChI=1S/C18H15P.C5H5.C3H5O.CO.Fe/c1-4-10-16(11-5-1)19(17-12-6-2-7-13-17)18-14-8-3-9-15-18;1-2-4-5-3-1;1-2-3-4;1-2;/h1-15H;1-5H;2H2,1H3;;/q;2*-1;;+6/p+1. The molecule has 0 radical (unpaired) electrons. The van der Waals surface area contributed by atoms with Gasteiger partial charge in [-0.15, -0.1) is 0 Å².